The monoisotopic (exact) mass is 410 g/mol. The molecule has 0 bridgehead atoms. The second-order valence-corrected chi connectivity index (χ2v) is 7.57. The number of hydrogen-bond acceptors (Lipinski definition) is 6. The lowest BCUT2D eigenvalue weighted by atomic mass is 10.1. The second-order valence-electron chi connectivity index (χ2n) is 6.34. The van der Waals surface area contributed by atoms with Crippen molar-refractivity contribution in [3.63, 3.8) is 0 Å². The molecule has 0 unspecified atom stereocenters. The van der Waals surface area contributed by atoms with E-state index in [1.807, 2.05) is 31.2 Å². The number of amides is 1. The lowest BCUT2D eigenvalue weighted by Gasteiger charge is -2.30. The maximum absolute atomic E-state index is 13.5. The van der Waals surface area contributed by atoms with Crippen LogP contribution >= 0.6 is 11.8 Å². The molecule has 4 rings (SSSR count). The molecule has 1 amide bonds. The SMILES string of the molecule is CCSc1nnc2c(n1)O[C@@H](c1ccc(F)cc1)N(C(=O)CC)c1ccccc1-2. The zero-order valence-electron chi connectivity index (χ0n) is 16.0. The van der Waals surface area contributed by atoms with E-state index >= 15 is 0 Å². The molecular formula is C21H19FN4O2S. The Hall–Kier alpha value is -3.00. The van der Waals surface area contributed by atoms with Gasteiger partial charge < -0.3 is 4.74 Å². The van der Waals surface area contributed by atoms with Crippen LogP contribution in [0.15, 0.2) is 53.7 Å². The third kappa shape index (κ3) is 3.67. The molecule has 2 aromatic carbocycles. The van der Waals surface area contributed by atoms with Crippen LogP contribution in [0.4, 0.5) is 10.1 Å². The van der Waals surface area contributed by atoms with E-state index in [1.54, 1.807) is 24.0 Å². The first-order valence-electron chi connectivity index (χ1n) is 9.33. The molecular weight excluding hydrogens is 391 g/mol. The molecule has 1 aromatic heterocycles. The first-order valence-corrected chi connectivity index (χ1v) is 10.3. The molecule has 0 saturated heterocycles. The minimum absolute atomic E-state index is 0.129. The highest BCUT2D eigenvalue weighted by molar-refractivity contribution is 7.99. The van der Waals surface area contributed by atoms with E-state index in [-0.39, 0.29) is 18.1 Å². The number of thioether (sulfide) groups is 1. The summed E-state index contributed by atoms with van der Waals surface area (Å²) in [4.78, 5) is 19.1. The van der Waals surface area contributed by atoms with Crippen LogP contribution in [-0.4, -0.2) is 26.8 Å². The molecule has 3 aromatic rings. The molecule has 6 nitrogen and oxygen atoms in total. The Kier molecular flexibility index (Phi) is 5.44. The van der Waals surface area contributed by atoms with Crippen molar-refractivity contribution in [3.05, 3.63) is 59.9 Å². The number of rotatable bonds is 4. The Labute approximate surface area is 172 Å². The van der Waals surface area contributed by atoms with Crippen molar-refractivity contribution in [2.45, 2.75) is 31.7 Å². The summed E-state index contributed by atoms with van der Waals surface area (Å²) in [5, 5.41) is 9.03. The number of aromatic nitrogens is 3. The molecule has 0 N–H and O–H groups in total. The number of anilines is 1. The molecule has 1 aliphatic heterocycles. The molecule has 0 spiro atoms. The Morgan fingerprint density at radius 1 is 1.14 bits per heavy atom. The molecule has 1 aliphatic rings. The van der Waals surface area contributed by atoms with Gasteiger partial charge in [0.1, 0.15) is 5.82 Å². The van der Waals surface area contributed by atoms with E-state index in [2.05, 4.69) is 15.2 Å². The van der Waals surface area contributed by atoms with Gasteiger partial charge in [0.2, 0.25) is 23.2 Å². The molecule has 0 fully saturated rings. The average Bonchev–Trinajstić information content (AvgIpc) is 2.88. The van der Waals surface area contributed by atoms with Gasteiger partial charge in [-0.05, 0) is 24.0 Å². The van der Waals surface area contributed by atoms with Crippen molar-refractivity contribution in [3.8, 4) is 17.1 Å². The van der Waals surface area contributed by atoms with Crippen molar-refractivity contribution >= 4 is 23.4 Å². The van der Waals surface area contributed by atoms with Crippen LogP contribution in [0.2, 0.25) is 0 Å². The molecule has 2 heterocycles. The quantitative estimate of drug-likeness (QED) is 0.585. The number of para-hydroxylation sites is 1. The lowest BCUT2D eigenvalue weighted by molar-refractivity contribution is -0.120. The smallest absolute Gasteiger partial charge is 0.247 e. The highest BCUT2D eigenvalue weighted by atomic mass is 32.2. The number of ether oxygens (including phenoxy) is 1. The maximum atomic E-state index is 13.5. The lowest BCUT2D eigenvalue weighted by Crippen LogP contribution is -2.37. The number of nitrogens with zero attached hydrogens (tertiary/aromatic N) is 4. The first kappa shape index (κ1) is 19.3. The highest BCUT2D eigenvalue weighted by Gasteiger charge is 2.35. The standard InChI is InChI=1S/C21H19FN4O2S/c1-3-17(27)26-16-8-6-5-7-15(16)18-19(23-21(25-24-18)29-4-2)28-20(26)13-9-11-14(22)12-10-13/h5-12,20H,3-4H2,1-2H3/t20-/m0/s1. The number of halogens is 1. The summed E-state index contributed by atoms with van der Waals surface area (Å²) < 4.78 is 19.8. The van der Waals surface area contributed by atoms with Crippen molar-refractivity contribution in [1.29, 1.82) is 0 Å². The van der Waals surface area contributed by atoms with Crippen LogP contribution in [0.5, 0.6) is 5.88 Å². The number of carbonyl (C=O) groups is 1. The Morgan fingerprint density at radius 2 is 1.90 bits per heavy atom. The fraction of sp³-hybridized carbons (Fsp3) is 0.238. The van der Waals surface area contributed by atoms with Crippen molar-refractivity contribution in [2.24, 2.45) is 0 Å². The molecule has 0 saturated carbocycles. The molecule has 8 heteroatoms. The van der Waals surface area contributed by atoms with Crippen molar-refractivity contribution in [2.75, 3.05) is 10.7 Å². The Morgan fingerprint density at radius 3 is 2.62 bits per heavy atom. The zero-order chi connectivity index (χ0) is 20.4. The van der Waals surface area contributed by atoms with Gasteiger partial charge in [0.25, 0.3) is 0 Å². The summed E-state index contributed by atoms with van der Waals surface area (Å²) in [6.07, 6.45) is -0.525. The Bertz CT molecular complexity index is 1050. The van der Waals surface area contributed by atoms with E-state index < -0.39 is 6.23 Å². The second kappa shape index (κ2) is 8.16. The third-order valence-corrected chi connectivity index (χ3v) is 5.23. The van der Waals surface area contributed by atoms with Gasteiger partial charge in [-0.3, -0.25) is 9.69 Å². The first-order chi connectivity index (χ1) is 14.1. The van der Waals surface area contributed by atoms with E-state index in [0.717, 1.165) is 5.75 Å². The van der Waals surface area contributed by atoms with E-state index in [0.29, 0.717) is 33.5 Å². The Balaban J connectivity index is 1.94. The maximum Gasteiger partial charge on any atom is 0.247 e. The molecule has 0 radical (unpaired) electrons. The predicted octanol–water partition coefficient (Wildman–Crippen LogP) is 4.62. The van der Waals surface area contributed by atoms with Gasteiger partial charge in [0, 0.05) is 17.5 Å². The summed E-state index contributed by atoms with van der Waals surface area (Å²) in [6, 6.07) is 13.3. The van der Waals surface area contributed by atoms with Gasteiger partial charge in [-0.2, -0.15) is 4.98 Å². The summed E-state index contributed by atoms with van der Waals surface area (Å²) in [7, 11) is 0. The van der Waals surface area contributed by atoms with Crippen LogP contribution in [0.25, 0.3) is 11.3 Å². The molecule has 0 aliphatic carbocycles. The normalized spacial score (nSPS) is 15.1. The van der Waals surface area contributed by atoms with Crippen LogP contribution in [0.1, 0.15) is 32.1 Å². The highest BCUT2D eigenvalue weighted by Crippen LogP contribution is 2.43. The number of fused-ring (bicyclic) bond motifs is 3. The summed E-state index contributed by atoms with van der Waals surface area (Å²) >= 11 is 1.45. The largest absolute Gasteiger partial charge is 0.447 e. The third-order valence-electron chi connectivity index (χ3n) is 4.51. The summed E-state index contributed by atoms with van der Waals surface area (Å²) in [5.74, 6) is 0.598. The van der Waals surface area contributed by atoms with Gasteiger partial charge in [-0.1, -0.05) is 55.9 Å². The van der Waals surface area contributed by atoms with Crippen LogP contribution < -0.4 is 9.64 Å². The zero-order valence-corrected chi connectivity index (χ0v) is 16.8. The summed E-state index contributed by atoms with van der Waals surface area (Å²) in [6.45, 7) is 3.79. The van der Waals surface area contributed by atoms with Gasteiger partial charge >= 0.3 is 0 Å². The van der Waals surface area contributed by atoms with Gasteiger partial charge in [-0.25, -0.2) is 4.39 Å². The molecule has 148 valence electrons. The number of hydrogen-bond donors (Lipinski definition) is 0. The van der Waals surface area contributed by atoms with E-state index in [4.69, 9.17) is 4.74 Å². The fourth-order valence-corrected chi connectivity index (χ4v) is 3.69. The van der Waals surface area contributed by atoms with E-state index in [9.17, 15) is 9.18 Å². The fourth-order valence-electron chi connectivity index (χ4n) is 3.19. The van der Waals surface area contributed by atoms with Crippen molar-refractivity contribution in [1.82, 2.24) is 15.2 Å². The van der Waals surface area contributed by atoms with Crippen LogP contribution in [0, 0.1) is 5.82 Å². The van der Waals surface area contributed by atoms with Gasteiger partial charge in [0.15, 0.2) is 5.69 Å². The molecule has 29 heavy (non-hydrogen) atoms. The van der Waals surface area contributed by atoms with Gasteiger partial charge in [0.05, 0.1) is 5.69 Å². The topological polar surface area (TPSA) is 68.2 Å². The van der Waals surface area contributed by atoms with Crippen molar-refractivity contribution < 1.29 is 13.9 Å². The minimum atomic E-state index is -0.804. The minimum Gasteiger partial charge on any atom is -0.447 e. The average molecular weight is 410 g/mol. The number of carbonyl (C=O) groups excluding carboxylic acids is 1. The van der Waals surface area contributed by atoms with Crippen LogP contribution in [0.3, 0.4) is 0 Å². The summed E-state index contributed by atoms with van der Waals surface area (Å²) in [5.41, 5.74) is 2.47. The van der Waals surface area contributed by atoms with Gasteiger partial charge in [-0.15, -0.1) is 10.2 Å². The predicted molar refractivity (Wildman–Crippen MR) is 109 cm³/mol. The van der Waals surface area contributed by atoms with Crippen LogP contribution in [-0.2, 0) is 4.79 Å². The molecule has 1 atom stereocenters. The van der Waals surface area contributed by atoms with E-state index in [1.165, 1.54) is 23.9 Å². The number of benzene rings is 2.